The Balaban J connectivity index is 0.00000116. The van der Waals surface area contributed by atoms with E-state index in [1.165, 1.54) is 7.40 Å². The SMILES string of the molecule is Cc1ccc(C(=O)NCC2(C)CNC(=O)NC2=O)cc1.[3H]C. The molecular weight excluding hydrogens is 270 g/mol. The highest BCUT2D eigenvalue weighted by Crippen LogP contribution is 2.17. The minimum Gasteiger partial charge on any atom is -0.351 e. The summed E-state index contributed by atoms with van der Waals surface area (Å²) in [4.78, 5) is 34.8. The van der Waals surface area contributed by atoms with E-state index in [1.54, 1.807) is 19.1 Å². The molecule has 1 fully saturated rings. The summed E-state index contributed by atoms with van der Waals surface area (Å²) in [6, 6.07) is 6.66. The molecule has 1 unspecified atom stereocenters. The first-order valence-electron chi connectivity index (χ1n) is 7.35. The zero-order valence-electron chi connectivity index (χ0n) is 13.4. The Morgan fingerprint density at radius 1 is 1.38 bits per heavy atom. The first-order chi connectivity index (χ1) is 10.4. The van der Waals surface area contributed by atoms with Crippen LogP contribution in [0.5, 0.6) is 0 Å². The molecule has 0 bridgehead atoms. The van der Waals surface area contributed by atoms with Crippen molar-refractivity contribution in [3.8, 4) is 0 Å². The van der Waals surface area contributed by atoms with Gasteiger partial charge in [0.15, 0.2) is 0 Å². The maximum absolute atomic E-state index is 12.0. The lowest BCUT2D eigenvalue weighted by atomic mass is 9.88. The van der Waals surface area contributed by atoms with Crippen LogP contribution in [0.15, 0.2) is 24.3 Å². The number of urea groups is 1. The Morgan fingerprint density at radius 3 is 2.57 bits per heavy atom. The number of imide groups is 1. The zero-order valence-corrected chi connectivity index (χ0v) is 12.4. The number of hydrogen-bond donors (Lipinski definition) is 3. The molecule has 3 N–H and O–H groups in total. The molecule has 1 aliphatic heterocycles. The first-order valence-corrected chi connectivity index (χ1v) is 6.35. The fourth-order valence-corrected chi connectivity index (χ4v) is 1.88. The van der Waals surface area contributed by atoms with Gasteiger partial charge < -0.3 is 10.6 Å². The molecule has 1 aromatic carbocycles. The fourth-order valence-electron chi connectivity index (χ4n) is 1.88. The number of hydrogen-bond acceptors (Lipinski definition) is 3. The third-order valence-electron chi connectivity index (χ3n) is 3.37. The van der Waals surface area contributed by atoms with Crippen LogP contribution in [0.1, 0.15) is 31.6 Å². The lowest BCUT2D eigenvalue weighted by Gasteiger charge is -2.32. The quantitative estimate of drug-likeness (QED) is 0.782. The summed E-state index contributed by atoms with van der Waals surface area (Å²) in [5.74, 6) is -0.624. The molecule has 2 rings (SSSR count). The van der Waals surface area contributed by atoms with Gasteiger partial charge in [-0.05, 0) is 26.0 Å². The van der Waals surface area contributed by atoms with Gasteiger partial charge in [0.25, 0.3) is 5.91 Å². The predicted molar refractivity (Wildman–Crippen MR) is 79.9 cm³/mol. The van der Waals surface area contributed by atoms with E-state index in [4.69, 9.17) is 1.37 Å². The van der Waals surface area contributed by atoms with E-state index in [0.717, 1.165) is 5.56 Å². The van der Waals surface area contributed by atoms with Crippen molar-refractivity contribution in [2.24, 2.45) is 5.41 Å². The summed E-state index contributed by atoms with van der Waals surface area (Å²) in [6.45, 7) is 3.99. The number of carbonyl (C=O) groups is 3. The number of nitrogens with one attached hydrogen (secondary N) is 3. The van der Waals surface area contributed by atoms with Crippen molar-refractivity contribution in [2.75, 3.05) is 13.1 Å². The van der Waals surface area contributed by atoms with Gasteiger partial charge in [-0.15, -0.1) is 0 Å². The van der Waals surface area contributed by atoms with Crippen molar-refractivity contribution in [1.29, 1.82) is 0 Å². The molecule has 0 aromatic heterocycles. The fraction of sp³-hybridized carbons (Fsp3) is 0.400. The molecule has 1 saturated heterocycles. The van der Waals surface area contributed by atoms with Crippen LogP contribution in [-0.4, -0.2) is 30.9 Å². The molecule has 6 heteroatoms. The van der Waals surface area contributed by atoms with Crippen LogP contribution in [-0.2, 0) is 4.79 Å². The standard InChI is InChI=1S/C14H17N3O3.CH4/c1-9-3-5-10(6-4-9)11(18)15-7-14(2)8-16-13(20)17-12(14)19;/h3-6H,7-8H2,1-2H3,(H,15,18)(H2,16,17,19,20);1H4/i;1T. The van der Waals surface area contributed by atoms with E-state index in [2.05, 4.69) is 16.0 Å². The maximum Gasteiger partial charge on any atom is 0.321 e. The second-order valence-corrected chi connectivity index (χ2v) is 5.25. The second-order valence-electron chi connectivity index (χ2n) is 5.25. The van der Waals surface area contributed by atoms with Gasteiger partial charge in [0.1, 0.15) is 0 Å². The van der Waals surface area contributed by atoms with E-state index in [0.29, 0.717) is 5.56 Å². The molecule has 1 aromatic rings. The van der Waals surface area contributed by atoms with Crippen LogP contribution < -0.4 is 16.0 Å². The molecular formula is C15H21N3O3. The minimum atomic E-state index is -0.839. The van der Waals surface area contributed by atoms with Crippen LogP contribution in [0.25, 0.3) is 0 Å². The Hall–Kier alpha value is -2.37. The number of carbonyl (C=O) groups excluding carboxylic acids is 3. The van der Waals surface area contributed by atoms with Crippen molar-refractivity contribution in [2.45, 2.75) is 21.3 Å². The summed E-state index contributed by atoms with van der Waals surface area (Å²) >= 11 is 0. The van der Waals surface area contributed by atoms with E-state index in [9.17, 15) is 14.4 Å². The largest absolute Gasteiger partial charge is 0.351 e. The highest BCUT2D eigenvalue weighted by atomic mass is 16.2. The molecule has 1 heterocycles. The van der Waals surface area contributed by atoms with Gasteiger partial charge in [0.05, 0.1) is 5.41 Å². The van der Waals surface area contributed by atoms with Gasteiger partial charge in [0, 0.05) is 20.0 Å². The summed E-state index contributed by atoms with van der Waals surface area (Å²) in [5, 5.41) is 7.48. The average molecular weight is 293 g/mol. The van der Waals surface area contributed by atoms with Crippen LogP contribution in [0.4, 0.5) is 4.79 Å². The lowest BCUT2D eigenvalue weighted by Crippen LogP contribution is -2.61. The van der Waals surface area contributed by atoms with Gasteiger partial charge in [-0.25, -0.2) is 4.79 Å². The molecule has 0 saturated carbocycles. The Bertz CT molecular complexity index is 560. The van der Waals surface area contributed by atoms with Crippen LogP contribution >= 0.6 is 0 Å². The molecule has 4 amide bonds. The highest BCUT2D eigenvalue weighted by molar-refractivity contribution is 6.00. The molecule has 0 spiro atoms. The predicted octanol–water partition coefficient (Wildman–Crippen LogP) is 1.21. The molecule has 21 heavy (non-hydrogen) atoms. The molecule has 6 nitrogen and oxygen atoms in total. The Labute approximate surface area is 125 Å². The van der Waals surface area contributed by atoms with Gasteiger partial charge in [-0.1, -0.05) is 25.1 Å². The number of aryl methyl sites for hydroxylation is 1. The topological polar surface area (TPSA) is 87.3 Å². The third-order valence-corrected chi connectivity index (χ3v) is 3.37. The minimum absolute atomic E-state index is 0.159. The monoisotopic (exact) mass is 293 g/mol. The molecule has 0 aliphatic carbocycles. The summed E-state index contributed by atoms with van der Waals surface area (Å²) < 4.78 is 5.75. The third kappa shape index (κ3) is 3.81. The van der Waals surface area contributed by atoms with Gasteiger partial charge in [-0.3, -0.25) is 14.9 Å². The highest BCUT2D eigenvalue weighted by Gasteiger charge is 2.38. The molecule has 0 radical (unpaired) electrons. The van der Waals surface area contributed by atoms with Gasteiger partial charge in [-0.2, -0.15) is 0 Å². The van der Waals surface area contributed by atoms with Crippen molar-refractivity contribution in [3.05, 3.63) is 35.4 Å². The Morgan fingerprint density at radius 2 is 2.00 bits per heavy atom. The van der Waals surface area contributed by atoms with Crippen molar-refractivity contribution in [3.63, 3.8) is 0 Å². The van der Waals surface area contributed by atoms with E-state index < -0.39 is 11.4 Å². The normalized spacial score (nSPS) is 21.2. The van der Waals surface area contributed by atoms with E-state index in [1.807, 2.05) is 19.1 Å². The number of benzene rings is 1. The van der Waals surface area contributed by atoms with E-state index >= 15 is 0 Å². The lowest BCUT2D eigenvalue weighted by molar-refractivity contribution is -0.129. The van der Waals surface area contributed by atoms with Crippen LogP contribution in [0, 0.1) is 12.3 Å². The van der Waals surface area contributed by atoms with Crippen molar-refractivity contribution in [1.82, 2.24) is 16.0 Å². The summed E-state index contributed by atoms with van der Waals surface area (Å²) in [5.41, 5.74) is 0.774. The van der Waals surface area contributed by atoms with Gasteiger partial charge in [0.2, 0.25) is 5.91 Å². The number of rotatable bonds is 3. The molecule has 1 aliphatic rings. The van der Waals surface area contributed by atoms with Crippen molar-refractivity contribution >= 4 is 17.8 Å². The number of amides is 4. The summed E-state index contributed by atoms with van der Waals surface area (Å²) in [7, 11) is 1.25. The van der Waals surface area contributed by atoms with E-state index in [-0.39, 0.29) is 24.9 Å². The first kappa shape index (κ1) is 15.0. The van der Waals surface area contributed by atoms with Crippen molar-refractivity contribution < 1.29 is 15.8 Å². The van der Waals surface area contributed by atoms with Crippen LogP contribution in [0.2, 0.25) is 0 Å². The average Bonchev–Trinajstić information content (AvgIpc) is 2.52. The zero-order chi connectivity index (χ0) is 16.8. The van der Waals surface area contributed by atoms with Crippen LogP contribution in [0.3, 0.4) is 0 Å². The maximum atomic E-state index is 12.0. The summed E-state index contributed by atoms with van der Waals surface area (Å²) in [6.07, 6.45) is 0. The van der Waals surface area contributed by atoms with Gasteiger partial charge >= 0.3 is 6.03 Å². The molecule has 114 valence electrons. The Kier molecular flexibility index (Phi) is 4.57. The second kappa shape index (κ2) is 6.39. The smallest absolute Gasteiger partial charge is 0.321 e. The molecule has 1 atom stereocenters.